The van der Waals surface area contributed by atoms with Crippen LogP contribution in [0.3, 0.4) is 0 Å². The minimum atomic E-state index is -5.06. The number of hydrogen-bond donors (Lipinski definition) is 1. The molecule has 164 valence electrons. The number of nitrogens with zero attached hydrogens (tertiary/aromatic N) is 4. The minimum Gasteiger partial charge on any atom is -0.344 e. The van der Waals surface area contributed by atoms with E-state index in [1.54, 1.807) is 46.4 Å². The molecule has 1 aromatic carbocycles. The highest BCUT2D eigenvalue weighted by atomic mass is 35.5. The SMILES string of the molecule is O=C(NS(=O)(=O)C(F)F)[C@@H]1CCCN1c1cc(-n2ccnc2)c2ccc(Cl)c(Cl)c2n1. The van der Waals surface area contributed by atoms with Crippen molar-refractivity contribution in [3.8, 4) is 5.69 Å². The van der Waals surface area contributed by atoms with Crippen molar-refractivity contribution in [2.24, 2.45) is 0 Å². The summed E-state index contributed by atoms with van der Waals surface area (Å²) in [6.45, 7) is 0.368. The van der Waals surface area contributed by atoms with Crippen LogP contribution in [0, 0.1) is 0 Å². The van der Waals surface area contributed by atoms with Crippen LogP contribution in [-0.4, -0.2) is 47.2 Å². The summed E-state index contributed by atoms with van der Waals surface area (Å²) in [5.41, 5.74) is 1.03. The Balaban J connectivity index is 1.80. The van der Waals surface area contributed by atoms with Crippen molar-refractivity contribution in [1.29, 1.82) is 0 Å². The van der Waals surface area contributed by atoms with Gasteiger partial charge in [0.2, 0.25) is 0 Å². The predicted molar refractivity (Wildman–Crippen MR) is 112 cm³/mol. The summed E-state index contributed by atoms with van der Waals surface area (Å²) in [6, 6.07) is 4.09. The number of anilines is 1. The molecular weight excluding hydrogens is 475 g/mol. The van der Waals surface area contributed by atoms with Gasteiger partial charge in [0.25, 0.3) is 15.9 Å². The Morgan fingerprint density at radius 2 is 2.06 bits per heavy atom. The lowest BCUT2D eigenvalue weighted by atomic mass is 10.1. The van der Waals surface area contributed by atoms with Gasteiger partial charge in [0.1, 0.15) is 11.9 Å². The van der Waals surface area contributed by atoms with E-state index in [2.05, 4.69) is 9.97 Å². The normalized spacial score (nSPS) is 16.9. The van der Waals surface area contributed by atoms with Gasteiger partial charge in [-0.15, -0.1) is 0 Å². The average molecular weight is 490 g/mol. The number of benzene rings is 1. The predicted octanol–water partition coefficient (Wildman–Crippen LogP) is 3.36. The van der Waals surface area contributed by atoms with E-state index < -0.39 is 27.7 Å². The molecule has 1 N–H and O–H groups in total. The standard InChI is InChI=1S/C18H15Cl2F2N5O3S/c19-11-4-3-10-13(26-7-5-23-9-26)8-14(24-16(10)15(11)20)27-6-1-2-12(27)17(28)25-31(29,30)18(21)22/h3-5,7-9,12,18H,1-2,6H2,(H,25,28)/t12-/m0/s1. The molecule has 1 amide bonds. The molecule has 31 heavy (non-hydrogen) atoms. The third-order valence-electron chi connectivity index (χ3n) is 4.95. The zero-order valence-electron chi connectivity index (χ0n) is 15.7. The first-order chi connectivity index (χ1) is 14.7. The number of alkyl halides is 2. The summed E-state index contributed by atoms with van der Waals surface area (Å²) in [4.78, 5) is 22.6. The number of amides is 1. The lowest BCUT2D eigenvalue weighted by Crippen LogP contribution is -2.47. The zero-order valence-corrected chi connectivity index (χ0v) is 18.0. The molecule has 3 heterocycles. The number of nitrogens with one attached hydrogen (secondary N) is 1. The van der Waals surface area contributed by atoms with Crippen molar-refractivity contribution in [3.05, 3.63) is 47.0 Å². The van der Waals surface area contributed by atoms with Crippen molar-refractivity contribution < 1.29 is 22.0 Å². The molecular formula is C18H15Cl2F2N5O3S. The highest BCUT2D eigenvalue weighted by molar-refractivity contribution is 7.90. The number of fused-ring (bicyclic) bond motifs is 1. The van der Waals surface area contributed by atoms with Crippen LogP contribution in [0.1, 0.15) is 12.8 Å². The Morgan fingerprint density at radius 1 is 1.29 bits per heavy atom. The van der Waals surface area contributed by atoms with E-state index in [-0.39, 0.29) is 16.5 Å². The van der Waals surface area contributed by atoms with Crippen LogP contribution in [0.15, 0.2) is 36.9 Å². The van der Waals surface area contributed by atoms with Crippen LogP contribution >= 0.6 is 23.2 Å². The molecule has 1 aliphatic heterocycles. The molecule has 0 bridgehead atoms. The van der Waals surface area contributed by atoms with Gasteiger partial charge in [-0.1, -0.05) is 23.2 Å². The molecule has 1 saturated heterocycles. The first-order valence-electron chi connectivity index (χ1n) is 9.06. The van der Waals surface area contributed by atoms with Gasteiger partial charge in [-0.3, -0.25) is 4.79 Å². The van der Waals surface area contributed by atoms with Crippen LogP contribution in [0.25, 0.3) is 16.6 Å². The molecule has 8 nitrogen and oxygen atoms in total. The fourth-order valence-electron chi connectivity index (χ4n) is 3.53. The molecule has 1 fully saturated rings. The molecule has 0 spiro atoms. The highest BCUT2D eigenvalue weighted by Crippen LogP contribution is 2.36. The van der Waals surface area contributed by atoms with Gasteiger partial charge in [-0.05, 0) is 25.0 Å². The molecule has 13 heteroatoms. The molecule has 0 unspecified atom stereocenters. The van der Waals surface area contributed by atoms with Crippen molar-refractivity contribution in [1.82, 2.24) is 19.3 Å². The first kappa shape index (κ1) is 21.7. The molecule has 3 aromatic rings. The van der Waals surface area contributed by atoms with Gasteiger partial charge in [-0.25, -0.2) is 23.1 Å². The summed E-state index contributed by atoms with van der Waals surface area (Å²) in [5, 5.41) is 1.17. The van der Waals surface area contributed by atoms with E-state index in [4.69, 9.17) is 23.2 Å². The Bertz CT molecular complexity index is 1250. The molecule has 2 aromatic heterocycles. The van der Waals surface area contributed by atoms with E-state index in [9.17, 15) is 22.0 Å². The molecule has 0 radical (unpaired) electrons. The summed E-state index contributed by atoms with van der Waals surface area (Å²) in [6.07, 6.45) is 5.68. The van der Waals surface area contributed by atoms with Gasteiger partial charge >= 0.3 is 5.76 Å². The molecule has 4 rings (SSSR count). The van der Waals surface area contributed by atoms with E-state index in [0.29, 0.717) is 35.4 Å². The molecule has 1 aliphatic rings. The average Bonchev–Trinajstić information content (AvgIpc) is 3.41. The van der Waals surface area contributed by atoms with Crippen molar-refractivity contribution in [2.45, 2.75) is 24.6 Å². The fraction of sp³-hybridized carbons (Fsp3) is 0.278. The summed E-state index contributed by atoms with van der Waals surface area (Å²) in [7, 11) is -5.06. The monoisotopic (exact) mass is 489 g/mol. The lowest BCUT2D eigenvalue weighted by Gasteiger charge is -2.26. The Labute approximate surface area is 185 Å². The number of hydrogen-bond acceptors (Lipinski definition) is 6. The Kier molecular flexibility index (Phi) is 5.75. The van der Waals surface area contributed by atoms with Crippen LogP contribution < -0.4 is 9.62 Å². The van der Waals surface area contributed by atoms with Gasteiger partial charge in [0, 0.05) is 30.4 Å². The fourth-order valence-corrected chi connectivity index (χ4v) is 4.40. The Morgan fingerprint density at radius 3 is 2.74 bits per heavy atom. The maximum Gasteiger partial charge on any atom is 0.355 e. The number of aromatic nitrogens is 3. The summed E-state index contributed by atoms with van der Waals surface area (Å²) < 4.78 is 51.4. The summed E-state index contributed by atoms with van der Waals surface area (Å²) in [5.74, 6) is -4.42. The van der Waals surface area contributed by atoms with Crippen LogP contribution in [0.2, 0.25) is 10.0 Å². The number of carbonyl (C=O) groups excluding carboxylic acids is 1. The number of imidazole rings is 1. The molecule has 0 saturated carbocycles. The third kappa shape index (κ3) is 4.04. The number of sulfonamides is 1. The maximum absolute atomic E-state index is 12.7. The smallest absolute Gasteiger partial charge is 0.344 e. The van der Waals surface area contributed by atoms with Gasteiger partial charge in [0.15, 0.2) is 0 Å². The largest absolute Gasteiger partial charge is 0.355 e. The van der Waals surface area contributed by atoms with Crippen molar-refractivity contribution >= 4 is 55.9 Å². The lowest BCUT2D eigenvalue weighted by molar-refractivity contribution is -0.120. The van der Waals surface area contributed by atoms with E-state index in [0.717, 1.165) is 0 Å². The van der Waals surface area contributed by atoms with Crippen LogP contribution in [-0.2, 0) is 14.8 Å². The molecule has 1 atom stereocenters. The summed E-state index contributed by atoms with van der Waals surface area (Å²) >= 11 is 12.5. The zero-order chi connectivity index (χ0) is 22.3. The van der Waals surface area contributed by atoms with Crippen LogP contribution in [0.4, 0.5) is 14.6 Å². The number of carbonyl (C=O) groups is 1. The van der Waals surface area contributed by atoms with Gasteiger partial charge in [-0.2, -0.15) is 8.78 Å². The van der Waals surface area contributed by atoms with E-state index in [1.165, 1.54) is 4.72 Å². The number of pyridine rings is 1. The first-order valence-corrected chi connectivity index (χ1v) is 11.4. The maximum atomic E-state index is 12.7. The number of rotatable bonds is 5. The van der Waals surface area contributed by atoms with Crippen LogP contribution in [0.5, 0.6) is 0 Å². The minimum absolute atomic E-state index is 0.211. The van der Waals surface area contributed by atoms with E-state index >= 15 is 0 Å². The Hall–Kier alpha value is -2.50. The highest BCUT2D eigenvalue weighted by Gasteiger charge is 2.36. The second kappa shape index (κ2) is 8.21. The molecule has 0 aliphatic carbocycles. The van der Waals surface area contributed by atoms with Gasteiger partial charge in [0.05, 0.1) is 27.6 Å². The topological polar surface area (TPSA) is 97.2 Å². The second-order valence-electron chi connectivity index (χ2n) is 6.85. The van der Waals surface area contributed by atoms with Gasteiger partial charge < -0.3 is 9.47 Å². The quantitative estimate of drug-likeness (QED) is 0.589. The third-order valence-corrected chi connectivity index (χ3v) is 6.70. The number of halogens is 4. The van der Waals surface area contributed by atoms with Crippen molar-refractivity contribution in [2.75, 3.05) is 11.4 Å². The van der Waals surface area contributed by atoms with Crippen molar-refractivity contribution in [3.63, 3.8) is 0 Å². The second-order valence-corrected chi connectivity index (χ2v) is 9.29. The van der Waals surface area contributed by atoms with E-state index in [1.807, 2.05) is 0 Å².